The lowest BCUT2D eigenvalue weighted by Crippen LogP contribution is -2.39. The smallest absolute Gasteiger partial charge is 0.191 e. The maximum absolute atomic E-state index is 5.64. The molecule has 138 valence electrons. The maximum Gasteiger partial charge on any atom is 0.191 e. The fraction of sp³-hybridized carbons (Fsp3) is 0.444. The van der Waals surface area contributed by atoms with Gasteiger partial charge in [0.25, 0.3) is 0 Å². The van der Waals surface area contributed by atoms with E-state index in [0.29, 0.717) is 13.2 Å². The fourth-order valence-corrected chi connectivity index (χ4v) is 3.02. The van der Waals surface area contributed by atoms with Gasteiger partial charge in [-0.1, -0.05) is 18.2 Å². The quantitative estimate of drug-likeness (QED) is 0.252. The molecule has 0 unspecified atom stereocenters. The summed E-state index contributed by atoms with van der Waals surface area (Å²) in [5, 5.41) is 9.92. The van der Waals surface area contributed by atoms with Gasteiger partial charge in [0.05, 0.1) is 11.6 Å². The fourth-order valence-electron chi connectivity index (χ4n) is 2.20. The molecule has 0 aliphatic carbocycles. The van der Waals surface area contributed by atoms with Crippen LogP contribution in [0.1, 0.15) is 23.5 Å². The molecule has 1 aromatic heterocycles. The van der Waals surface area contributed by atoms with E-state index in [0.717, 1.165) is 43.2 Å². The van der Waals surface area contributed by atoms with Crippen LogP contribution in [0.5, 0.6) is 5.75 Å². The van der Waals surface area contributed by atoms with E-state index in [4.69, 9.17) is 4.74 Å². The summed E-state index contributed by atoms with van der Waals surface area (Å²) in [7, 11) is 1.78. The highest BCUT2D eigenvalue weighted by atomic mass is 127. The third kappa shape index (κ3) is 9.06. The summed E-state index contributed by atoms with van der Waals surface area (Å²) >= 11 is 1.75. The van der Waals surface area contributed by atoms with Crippen LogP contribution in [0.15, 0.2) is 40.7 Å². The molecule has 0 saturated carbocycles. The minimum absolute atomic E-state index is 0. The number of aryl methyl sites for hydroxylation is 2. The van der Waals surface area contributed by atoms with Crippen LogP contribution < -0.4 is 15.4 Å². The van der Waals surface area contributed by atoms with Crippen LogP contribution in [0.2, 0.25) is 0 Å². The van der Waals surface area contributed by atoms with Crippen LogP contribution in [-0.2, 0) is 6.42 Å². The number of ether oxygens (including phenoxy) is 1. The third-order valence-electron chi connectivity index (χ3n) is 3.41. The molecule has 7 heteroatoms. The summed E-state index contributed by atoms with van der Waals surface area (Å²) in [6, 6.07) is 9.83. The van der Waals surface area contributed by atoms with Crippen molar-refractivity contribution < 1.29 is 4.74 Å². The van der Waals surface area contributed by atoms with E-state index in [2.05, 4.69) is 26.0 Å². The second-order valence-corrected chi connectivity index (χ2v) is 6.37. The molecular formula is C18H27IN4OS. The molecule has 0 aliphatic rings. The standard InChI is InChI=1S/C18H26N4OS.HI/c1-15-14-24-17(22-15)10-6-7-11-20-18(19-2)21-12-13-23-16-8-4-3-5-9-16;/h3-5,8-9,14H,6-7,10-13H2,1-2H3,(H2,19,20,21);1H. The molecule has 2 N–H and O–H groups in total. The van der Waals surface area contributed by atoms with Crippen molar-refractivity contribution in [3.63, 3.8) is 0 Å². The van der Waals surface area contributed by atoms with Crippen molar-refractivity contribution in [3.8, 4) is 5.75 Å². The van der Waals surface area contributed by atoms with Crippen LogP contribution in [0.3, 0.4) is 0 Å². The number of hydrogen-bond donors (Lipinski definition) is 2. The van der Waals surface area contributed by atoms with E-state index >= 15 is 0 Å². The van der Waals surface area contributed by atoms with Gasteiger partial charge in [0.1, 0.15) is 12.4 Å². The first-order valence-corrected chi connectivity index (χ1v) is 9.19. The van der Waals surface area contributed by atoms with Gasteiger partial charge in [-0.15, -0.1) is 35.3 Å². The molecule has 0 fully saturated rings. The highest BCUT2D eigenvalue weighted by Gasteiger charge is 2.00. The summed E-state index contributed by atoms with van der Waals surface area (Å²) in [4.78, 5) is 8.70. The molecule has 0 aliphatic heterocycles. The Morgan fingerprint density at radius 1 is 1.16 bits per heavy atom. The van der Waals surface area contributed by atoms with Crippen molar-refractivity contribution in [3.05, 3.63) is 46.4 Å². The van der Waals surface area contributed by atoms with Gasteiger partial charge in [0.2, 0.25) is 0 Å². The molecule has 2 aromatic rings. The van der Waals surface area contributed by atoms with E-state index < -0.39 is 0 Å². The summed E-state index contributed by atoms with van der Waals surface area (Å²) in [6.07, 6.45) is 3.28. The average molecular weight is 474 g/mol. The lowest BCUT2D eigenvalue weighted by atomic mass is 10.2. The van der Waals surface area contributed by atoms with E-state index in [1.165, 1.54) is 5.01 Å². The number of nitrogens with zero attached hydrogens (tertiary/aromatic N) is 2. The van der Waals surface area contributed by atoms with E-state index in [1.54, 1.807) is 18.4 Å². The zero-order valence-corrected chi connectivity index (χ0v) is 18.0. The van der Waals surface area contributed by atoms with Crippen LogP contribution in [0.4, 0.5) is 0 Å². The highest BCUT2D eigenvalue weighted by molar-refractivity contribution is 14.0. The molecule has 1 aromatic carbocycles. The van der Waals surface area contributed by atoms with E-state index in [9.17, 15) is 0 Å². The Bertz CT molecular complexity index is 619. The Morgan fingerprint density at radius 3 is 2.60 bits per heavy atom. The Balaban J connectivity index is 0.00000312. The average Bonchev–Trinajstić information content (AvgIpc) is 3.02. The Hall–Kier alpha value is -1.35. The molecule has 0 saturated heterocycles. The zero-order chi connectivity index (χ0) is 17.0. The van der Waals surface area contributed by atoms with Gasteiger partial charge in [0.15, 0.2) is 5.96 Å². The molecule has 0 radical (unpaired) electrons. The molecule has 25 heavy (non-hydrogen) atoms. The van der Waals surface area contributed by atoms with Crippen molar-refractivity contribution in [2.45, 2.75) is 26.2 Å². The molecule has 0 atom stereocenters. The first-order chi connectivity index (χ1) is 11.8. The molecule has 1 heterocycles. The van der Waals surface area contributed by atoms with Crippen molar-refractivity contribution in [2.75, 3.05) is 26.7 Å². The molecule has 0 amide bonds. The van der Waals surface area contributed by atoms with Crippen molar-refractivity contribution in [2.24, 2.45) is 4.99 Å². The van der Waals surface area contributed by atoms with Crippen LogP contribution in [0, 0.1) is 6.92 Å². The normalized spacial score (nSPS) is 10.9. The Kier molecular flexibility index (Phi) is 11.2. The highest BCUT2D eigenvalue weighted by Crippen LogP contribution is 2.11. The number of unbranched alkanes of at least 4 members (excludes halogenated alkanes) is 1. The minimum Gasteiger partial charge on any atom is -0.492 e. The number of aromatic nitrogens is 1. The number of hydrogen-bond acceptors (Lipinski definition) is 4. The van der Waals surface area contributed by atoms with Gasteiger partial charge in [-0.25, -0.2) is 4.98 Å². The van der Waals surface area contributed by atoms with Crippen molar-refractivity contribution >= 4 is 41.3 Å². The summed E-state index contributed by atoms with van der Waals surface area (Å²) in [5.41, 5.74) is 1.12. The summed E-state index contributed by atoms with van der Waals surface area (Å²) in [6.45, 7) is 4.27. The number of halogens is 1. The second-order valence-electron chi connectivity index (χ2n) is 5.43. The molecule has 2 rings (SSSR count). The Morgan fingerprint density at radius 2 is 1.92 bits per heavy atom. The first-order valence-electron chi connectivity index (χ1n) is 8.31. The monoisotopic (exact) mass is 474 g/mol. The molecule has 5 nitrogen and oxygen atoms in total. The number of aliphatic imine (C=N–C) groups is 1. The second kappa shape index (κ2) is 12.9. The van der Waals surface area contributed by atoms with Crippen LogP contribution in [0.25, 0.3) is 0 Å². The van der Waals surface area contributed by atoms with E-state index in [-0.39, 0.29) is 24.0 Å². The van der Waals surface area contributed by atoms with Gasteiger partial charge in [0, 0.05) is 24.7 Å². The van der Waals surface area contributed by atoms with Crippen LogP contribution >= 0.6 is 35.3 Å². The SMILES string of the molecule is CN=C(NCCCCc1nc(C)cs1)NCCOc1ccccc1.I. The molecule has 0 bridgehead atoms. The van der Waals surface area contributed by atoms with E-state index in [1.807, 2.05) is 37.3 Å². The topological polar surface area (TPSA) is 58.5 Å². The van der Waals surface area contributed by atoms with Crippen molar-refractivity contribution in [1.29, 1.82) is 0 Å². The van der Waals surface area contributed by atoms with Gasteiger partial charge in [-0.3, -0.25) is 4.99 Å². The predicted molar refractivity (Wildman–Crippen MR) is 117 cm³/mol. The van der Waals surface area contributed by atoms with Crippen molar-refractivity contribution in [1.82, 2.24) is 15.6 Å². The number of nitrogens with one attached hydrogen (secondary N) is 2. The Labute approximate surface area is 171 Å². The first kappa shape index (κ1) is 21.7. The number of para-hydroxylation sites is 1. The maximum atomic E-state index is 5.64. The zero-order valence-electron chi connectivity index (χ0n) is 14.8. The van der Waals surface area contributed by atoms with Gasteiger partial charge < -0.3 is 15.4 Å². The third-order valence-corrected chi connectivity index (χ3v) is 4.43. The lowest BCUT2D eigenvalue weighted by molar-refractivity contribution is 0.322. The lowest BCUT2D eigenvalue weighted by Gasteiger charge is -2.12. The van der Waals surface area contributed by atoms with Gasteiger partial charge in [-0.2, -0.15) is 0 Å². The summed E-state index contributed by atoms with van der Waals surface area (Å²) in [5.74, 6) is 1.71. The van der Waals surface area contributed by atoms with Crippen LogP contribution in [-0.4, -0.2) is 37.7 Å². The number of benzene rings is 1. The van der Waals surface area contributed by atoms with Gasteiger partial charge >= 0.3 is 0 Å². The van der Waals surface area contributed by atoms with Gasteiger partial charge in [-0.05, 0) is 38.3 Å². The predicted octanol–water partition coefficient (Wildman–Crippen LogP) is 3.64. The number of thiazole rings is 1. The largest absolute Gasteiger partial charge is 0.492 e. The number of rotatable bonds is 9. The number of guanidine groups is 1. The summed E-state index contributed by atoms with van der Waals surface area (Å²) < 4.78 is 5.64. The minimum atomic E-state index is 0. The molecule has 0 spiro atoms. The molecular weight excluding hydrogens is 447 g/mol.